The van der Waals surface area contributed by atoms with Gasteiger partial charge in [-0.25, -0.2) is 0 Å². The van der Waals surface area contributed by atoms with Gasteiger partial charge in [0.05, 0.1) is 13.7 Å². The van der Waals surface area contributed by atoms with Crippen molar-refractivity contribution in [3.8, 4) is 17.1 Å². The number of aromatic nitrogens is 6. The summed E-state index contributed by atoms with van der Waals surface area (Å²) in [6.45, 7) is 3.10. The molecule has 1 aromatic carbocycles. The van der Waals surface area contributed by atoms with Gasteiger partial charge in [-0.05, 0) is 72.9 Å². The Kier molecular flexibility index (Phi) is 6.02. The van der Waals surface area contributed by atoms with Gasteiger partial charge in [-0.2, -0.15) is 9.78 Å². The third-order valence-electron chi connectivity index (χ3n) is 6.50. The predicted octanol–water partition coefficient (Wildman–Crippen LogP) is 2.73. The lowest BCUT2D eigenvalue weighted by Crippen LogP contribution is -2.34. The zero-order chi connectivity index (χ0) is 21.9. The molecule has 3 heterocycles. The van der Waals surface area contributed by atoms with E-state index in [4.69, 9.17) is 14.0 Å². The molecule has 2 fully saturated rings. The second-order valence-corrected chi connectivity index (χ2v) is 8.67. The van der Waals surface area contributed by atoms with E-state index < -0.39 is 0 Å². The van der Waals surface area contributed by atoms with Crippen LogP contribution in [0.1, 0.15) is 31.5 Å². The normalized spacial score (nSPS) is 21.1. The van der Waals surface area contributed by atoms with Crippen molar-refractivity contribution in [3.63, 3.8) is 0 Å². The molecule has 10 heteroatoms. The molecule has 2 atom stereocenters. The van der Waals surface area contributed by atoms with Crippen LogP contribution in [0.5, 0.6) is 5.75 Å². The number of hydrogen-bond acceptors (Lipinski definition) is 9. The molecular weight excluding hydrogens is 410 g/mol. The van der Waals surface area contributed by atoms with E-state index in [1.807, 2.05) is 24.3 Å². The first-order valence-electron chi connectivity index (χ1n) is 11.2. The number of piperidine rings is 1. The van der Waals surface area contributed by atoms with Crippen molar-refractivity contribution in [2.24, 2.45) is 24.8 Å². The molecule has 0 amide bonds. The highest BCUT2D eigenvalue weighted by Crippen LogP contribution is 2.49. The second-order valence-electron chi connectivity index (χ2n) is 8.67. The van der Waals surface area contributed by atoms with Crippen molar-refractivity contribution in [3.05, 3.63) is 30.1 Å². The van der Waals surface area contributed by atoms with Gasteiger partial charge in [0.15, 0.2) is 5.82 Å². The molecule has 0 N–H and O–H groups in total. The molecule has 3 aromatic rings. The molecule has 0 bridgehead atoms. The summed E-state index contributed by atoms with van der Waals surface area (Å²) in [6.07, 6.45) is 4.80. The van der Waals surface area contributed by atoms with Crippen molar-refractivity contribution in [2.75, 3.05) is 31.7 Å². The van der Waals surface area contributed by atoms with E-state index in [9.17, 15) is 0 Å². The van der Waals surface area contributed by atoms with Crippen LogP contribution in [-0.2, 0) is 18.4 Å². The summed E-state index contributed by atoms with van der Waals surface area (Å²) in [5.74, 6) is 4.52. The number of aryl methyl sites for hydroxylation is 1. The summed E-state index contributed by atoms with van der Waals surface area (Å²) in [7, 11) is 3.39. The molecule has 32 heavy (non-hydrogen) atoms. The topological polar surface area (TPSA) is 104 Å². The largest absolute Gasteiger partial charge is 0.494 e. The van der Waals surface area contributed by atoms with E-state index in [0.717, 1.165) is 55.2 Å². The summed E-state index contributed by atoms with van der Waals surface area (Å²) in [5, 5.41) is 16.1. The van der Waals surface area contributed by atoms with Gasteiger partial charge in [-0.1, -0.05) is 5.16 Å². The first-order valence-corrected chi connectivity index (χ1v) is 11.2. The fraction of sp³-hybridized carbons (Fsp3) is 0.591. The molecule has 2 aromatic heterocycles. The van der Waals surface area contributed by atoms with Gasteiger partial charge in [0.25, 0.3) is 0 Å². The van der Waals surface area contributed by atoms with Crippen LogP contribution in [0.25, 0.3) is 11.4 Å². The minimum atomic E-state index is 0.384. The third kappa shape index (κ3) is 4.74. The highest BCUT2D eigenvalue weighted by atomic mass is 16.5. The van der Waals surface area contributed by atoms with E-state index in [-0.39, 0.29) is 0 Å². The number of methoxy groups -OCH3 is 1. The van der Waals surface area contributed by atoms with Crippen LogP contribution in [0, 0.1) is 17.8 Å². The average Bonchev–Trinajstić information content (AvgIpc) is 3.20. The number of ether oxygens (including phenoxy) is 2. The molecule has 5 rings (SSSR count). The SMILES string of the molecule is COCc1noc(N2CCC(C3CC3CCOc3ccc(-c4nnn(C)n4)cc3)CC2)n1. The van der Waals surface area contributed by atoms with E-state index in [2.05, 4.69) is 30.5 Å². The lowest BCUT2D eigenvalue weighted by molar-refractivity contribution is 0.174. The maximum Gasteiger partial charge on any atom is 0.324 e. The number of tetrazole rings is 1. The van der Waals surface area contributed by atoms with Crippen LogP contribution >= 0.6 is 0 Å². The third-order valence-corrected chi connectivity index (χ3v) is 6.50. The minimum Gasteiger partial charge on any atom is -0.494 e. The van der Waals surface area contributed by atoms with Gasteiger partial charge in [-0.3, -0.25) is 0 Å². The Hall–Kier alpha value is -3.01. The number of rotatable bonds is 9. The Bertz CT molecular complexity index is 1010. The first kappa shape index (κ1) is 20.9. The molecule has 2 aliphatic rings. The van der Waals surface area contributed by atoms with Gasteiger partial charge in [-0.15, -0.1) is 10.2 Å². The van der Waals surface area contributed by atoms with E-state index in [1.54, 1.807) is 14.2 Å². The van der Waals surface area contributed by atoms with Crippen molar-refractivity contribution in [1.82, 2.24) is 30.3 Å². The zero-order valence-electron chi connectivity index (χ0n) is 18.6. The highest BCUT2D eigenvalue weighted by Gasteiger charge is 2.43. The van der Waals surface area contributed by atoms with Crippen molar-refractivity contribution in [1.29, 1.82) is 0 Å². The fourth-order valence-corrected chi connectivity index (χ4v) is 4.69. The smallest absolute Gasteiger partial charge is 0.324 e. The predicted molar refractivity (Wildman–Crippen MR) is 116 cm³/mol. The monoisotopic (exact) mass is 439 g/mol. The molecule has 170 valence electrons. The number of benzene rings is 1. The molecule has 1 saturated carbocycles. The molecule has 0 radical (unpaired) electrons. The van der Waals surface area contributed by atoms with Gasteiger partial charge in [0, 0.05) is 25.8 Å². The summed E-state index contributed by atoms with van der Waals surface area (Å²) >= 11 is 0. The van der Waals surface area contributed by atoms with Gasteiger partial charge in [0.2, 0.25) is 5.82 Å². The maximum atomic E-state index is 5.98. The Balaban J connectivity index is 1.02. The summed E-state index contributed by atoms with van der Waals surface area (Å²) in [5.41, 5.74) is 0.939. The quantitative estimate of drug-likeness (QED) is 0.498. The van der Waals surface area contributed by atoms with Crippen LogP contribution in [0.2, 0.25) is 0 Å². The van der Waals surface area contributed by atoms with Crippen LogP contribution < -0.4 is 9.64 Å². The minimum absolute atomic E-state index is 0.384. The molecular formula is C22H29N7O3. The lowest BCUT2D eigenvalue weighted by atomic mass is 9.90. The average molecular weight is 440 g/mol. The second kappa shape index (κ2) is 9.23. The Morgan fingerprint density at radius 2 is 1.97 bits per heavy atom. The molecule has 1 saturated heterocycles. The van der Waals surface area contributed by atoms with Crippen molar-refractivity contribution >= 4 is 6.01 Å². The van der Waals surface area contributed by atoms with Crippen LogP contribution in [0.3, 0.4) is 0 Å². The Morgan fingerprint density at radius 3 is 2.69 bits per heavy atom. The molecule has 0 spiro atoms. The summed E-state index contributed by atoms with van der Waals surface area (Å²) < 4.78 is 16.4. The lowest BCUT2D eigenvalue weighted by Gasteiger charge is -2.30. The number of hydrogen-bond donors (Lipinski definition) is 0. The van der Waals surface area contributed by atoms with Crippen molar-refractivity contribution in [2.45, 2.75) is 32.3 Å². The van der Waals surface area contributed by atoms with Crippen LogP contribution in [0.15, 0.2) is 28.8 Å². The van der Waals surface area contributed by atoms with Crippen molar-refractivity contribution < 1.29 is 14.0 Å². The number of anilines is 1. The first-order chi connectivity index (χ1) is 15.7. The van der Waals surface area contributed by atoms with E-state index in [1.165, 1.54) is 24.1 Å². The van der Waals surface area contributed by atoms with E-state index in [0.29, 0.717) is 24.3 Å². The standard InChI is InChI=1S/C22H29N7O3/c1-28-25-21(24-27-28)16-3-5-18(6-4-16)31-12-9-17-13-19(17)15-7-10-29(11-8-15)22-23-20(14-30-2)26-32-22/h3-6,15,17,19H,7-14H2,1-2H3. The highest BCUT2D eigenvalue weighted by molar-refractivity contribution is 5.55. The molecule has 1 aliphatic heterocycles. The summed E-state index contributed by atoms with van der Waals surface area (Å²) in [4.78, 5) is 8.07. The number of nitrogens with zero attached hydrogens (tertiary/aromatic N) is 7. The summed E-state index contributed by atoms with van der Waals surface area (Å²) in [6, 6.07) is 8.52. The maximum absolute atomic E-state index is 5.98. The van der Waals surface area contributed by atoms with Gasteiger partial charge < -0.3 is 18.9 Å². The van der Waals surface area contributed by atoms with E-state index >= 15 is 0 Å². The molecule has 10 nitrogen and oxygen atoms in total. The fourth-order valence-electron chi connectivity index (χ4n) is 4.69. The van der Waals surface area contributed by atoms with Gasteiger partial charge in [0.1, 0.15) is 12.4 Å². The molecule has 1 aliphatic carbocycles. The zero-order valence-corrected chi connectivity index (χ0v) is 18.6. The Labute approximate surface area is 186 Å². The van der Waals surface area contributed by atoms with Gasteiger partial charge >= 0.3 is 6.01 Å². The molecule has 2 unspecified atom stereocenters. The van der Waals surface area contributed by atoms with Crippen LogP contribution in [0.4, 0.5) is 6.01 Å². The Morgan fingerprint density at radius 1 is 1.16 bits per heavy atom. The van der Waals surface area contributed by atoms with Crippen LogP contribution in [-0.4, -0.2) is 57.2 Å².